The van der Waals surface area contributed by atoms with Crippen LogP contribution >= 0.6 is 11.8 Å². The summed E-state index contributed by atoms with van der Waals surface area (Å²) < 4.78 is 5.47. The van der Waals surface area contributed by atoms with Crippen LogP contribution in [0.4, 0.5) is 0 Å². The van der Waals surface area contributed by atoms with Crippen LogP contribution < -0.4 is 0 Å². The summed E-state index contributed by atoms with van der Waals surface area (Å²) in [5.41, 5.74) is 5.32. The molecular formula is C20H23NOS. The molecule has 0 aliphatic rings. The topological polar surface area (TPSA) is 25.0 Å². The second kappa shape index (κ2) is 7.24. The second-order valence-electron chi connectivity index (χ2n) is 5.94. The van der Waals surface area contributed by atoms with Crippen molar-refractivity contribution in [2.75, 3.05) is 13.4 Å². The normalized spacial score (nSPS) is 14.0. The first-order valence-corrected chi connectivity index (χ1v) is 9.22. The van der Waals surface area contributed by atoms with E-state index in [9.17, 15) is 0 Å². The van der Waals surface area contributed by atoms with E-state index in [1.165, 1.54) is 27.6 Å². The molecule has 3 aromatic rings. The lowest BCUT2D eigenvalue weighted by molar-refractivity contribution is 0.176. The van der Waals surface area contributed by atoms with E-state index in [1.807, 2.05) is 0 Å². The molecule has 0 fully saturated rings. The smallest absolute Gasteiger partial charge is 0.127 e. The zero-order valence-electron chi connectivity index (χ0n) is 13.9. The molecule has 0 amide bonds. The van der Waals surface area contributed by atoms with E-state index in [1.54, 1.807) is 18.9 Å². The Labute approximate surface area is 142 Å². The lowest BCUT2D eigenvalue weighted by Gasteiger charge is -2.15. The number of ether oxygens (including phenoxy) is 1. The van der Waals surface area contributed by atoms with Crippen LogP contribution in [0.5, 0.6) is 0 Å². The molecule has 0 saturated carbocycles. The quantitative estimate of drug-likeness (QED) is 0.603. The van der Waals surface area contributed by atoms with Gasteiger partial charge in [-0.2, -0.15) is 0 Å². The van der Waals surface area contributed by atoms with E-state index < -0.39 is 0 Å². The number of methoxy groups -OCH3 is 1. The number of aromatic nitrogens is 1. The van der Waals surface area contributed by atoms with Gasteiger partial charge in [-0.05, 0) is 41.4 Å². The maximum atomic E-state index is 5.47. The molecule has 2 nitrogen and oxygen atoms in total. The zero-order chi connectivity index (χ0) is 16.2. The molecule has 120 valence electrons. The van der Waals surface area contributed by atoms with Gasteiger partial charge in [-0.15, -0.1) is 11.8 Å². The van der Waals surface area contributed by atoms with Gasteiger partial charge in [-0.3, -0.25) is 0 Å². The standard InChI is InChI=1S/C20H23NOS/c1-14(18-13-21-19-7-5-4-6-17(18)19)12-15-8-10-16(11-9-15)20(22-2)23-3/h4-11,13-14,20-21H,12H2,1-3H3. The predicted octanol–water partition coefficient (Wildman–Crippen LogP) is 5.52. The van der Waals surface area contributed by atoms with Crippen molar-refractivity contribution >= 4 is 22.7 Å². The van der Waals surface area contributed by atoms with Gasteiger partial charge in [-0.1, -0.05) is 49.4 Å². The fourth-order valence-electron chi connectivity index (χ4n) is 3.14. The van der Waals surface area contributed by atoms with Crippen LogP contribution in [0.2, 0.25) is 0 Å². The van der Waals surface area contributed by atoms with Gasteiger partial charge in [0, 0.05) is 24.2 Å². The molecule has 0 spiro atoms. The molecule has 2 aromatic carbocycles. The molecule has 1 aromatic heterocycles. The Balaban J connectivity index is 1.76. The molecule has 2 atom stereocenters. The summed E-state index contributed by atoms with van der Waals surface area (Å²) in [4.78, 5) is 3.37. The highest BCUT2D eigenvalue weighted by atomic mass is 32.2. The summed E-state index contributed by atoms with van der Waals surface area (Å²) in [6.07, 6.45) is 5.26. The Morgan fingerprint density at radius 1 is 1.09 bits per heavy atom. The highest BCUT2D eigenvalue weighted by Crippen LogP contribution is 2.30. The van der Waals surface area contributed by atoms with Gasteiger partial charge in [0.25, 0.3) is 0 Å². The molecule has 0 aliphatic heterocycles. The molecule has 23 heavy (non-hydrogen) atoms. The third kappa shape index (κ3) is 3.46. The molecule has 1 N–H and O–H groups in total. The predicted molar refractivity (Wildman–Crippen MR) is 100 cm³/mol. The number of nitrogens with one attached hydrogen (secondary N) is 1. The molecule has 0 radical (unpaired) electrons. The number of hydrogen-bond donors (Lipinski definition) is 1. The Hall–Kier alpha value is -1.71. The molecule has 1 heterocycles. The Bertz CT molecular complexity index is 759. The summed E-state index contributed by atoms with van der Waals surface area (Å²) in [6, 6.07) is 17.3. The molecule has 0 aliphatic carbocycles. The van der Waals surface area contributed by atoms with Crippen molar-refractivity contribution in [3.05, 3.63) is 71.4 Å². The summed E-state index contributed by atoms with van der Waals surface area (Å²) in [7, 11) is 1.76. The number of benzene rings is 2. The molecule has 0 saturated heterocycles. The minimum absolute atomic E-state index is 0.120. The third-order valence-corrected chi connectivity index (χ3v) is 5.27. The van der Waals surface area contributed by atoms with Crippen molar-refractivity contribution in [1.82, 2.24) is 4.98 Å². The molecule has 3 rings (SSSR count). The molecule has 3 heteroatoms. The van der Waals surface area contributed by atoms with Crippen LogP contribution in [0.25, 0.3) is 10.9 Å². The van der Waals surface area contributed by atoms with E-state index in [4.69, 9.17) is 4.74 Å². The van der Waals surface area contributed by atoms with Crippen molar-refractivity contribution in [2.45, 2.75) is 24.7 Å². The monoisotopic (exact) mass is 325 g/mol. The van der Waals surface area contributed by atoms with Crippen molar-refractivity contribution in [3.8, 4) is 0 Å². The van der Waals surface area contributed by atoms with Crippen LogP contribution in [0.3, 0.4) is 0 Å². The van der Waals surface area contributed by atoms with E-state index >= 15 is 0 Å². The van der Waals surface area contributed by atoms with E-state index in [2.05, 4.69) is 72.9 Å². The van der Waals surface area contributed by atoms with Crippen LogP contribution in [-0.2, 0) is 11.2 Å². The van der Waals surface area contributed by atoms with Crippen LogP contribution in [-0.4, -0.2) is 18.3 Å². The van der Waals surface area contributed by atoms with E-state index in [0.29, 0.717) is 5.92 Å². The largest absolute Gasteiger partial charge is 0.366 e. The fraction of sp³-hybridized carbons (Fsp3) is 0.300. The van der Waals surface area contributed by atoms with Gasteiger partial charge in [0.15, 0.2) is 0 Å². The first-order valence-electron chi connectivity index (χ1n) is 7.93. The number of thioether (sulfide) groups is 1. The summed E-state index contributed by atoms with van der Waals surface area (Å²) >= 11 is 1.72. The van der Waals surface area contributed by atoms with Gasteiger partial charge in [-0.25, -0.2) is 0 Å². The van der Waals surface area contributed by atoms with Gasteiger partial charge in [0.1, 0.15) is 5.44 Å². The first-order chi connectivity index (χ1) is 11.2. The SMILES string of the molecule is COC(SC)c1ccc(CC(C)c2c[nH]c3ccccc23)cc1. The van der Waals surface area contributed by atoms with Gasteiger partial charge < -0.3 is 9.72 Å². The Morgan fingerprint density at radius 3 is 2.52 bits per heavy atom. The number of rotatable bonds is 6. The maximum Gasteiger partial charge on any atom is 0.127 e. The molecule has 2 unspecified atom stereocenters. The summed E-state index contributed by atoms with van der Waals surface area (Å²) in [5, 5.41) is 1.33. The lowest BCUT2D eigenvalue weighted by Crippen LogP contribution is -1.99. The molecular weight excluding hydrogens is 302 g/mol. The Morgan fingerprint density at radius 2 is 1.83 bits per heavy atom. The highest BCUT2D eigenvalue weighted by molar-refractivity contribution is 7.98. The van der Waals surface area contributed by atoms with Crippen molar-refractivity contribution in [3.63, 3.8) is 0 Å². The number of fused-ring (bicyclic) bond motifs is 1. The average Bonchev–Trinajstić information content (AvgIpc) is 3.01. The first kappa shape index (κ1) is 16.2. The second-order valence-corrected chi connectivity index (χ2v) is 6.84. The number of hydrogen-bond acceptors (Lipinski definition) is 2. The van der Waals surface area contributed by atoms with Gasteiger partial charge in [0.05, 0.1) is 0 Å². The van der Waals surface area contributed by atoms with Gasteiger partial charge in [0.2, 0.25) is 0 Å². The molecule has 0 bridgehead atoms. The van der Waals surface area contributed by atoms with E-state index in [0.717, 1.165) is 6.42 Å². The number of para-hydroxylation sites is 1. The summed E-state index contributed by atoms with van der Waals surface area (Å²) in [6.45, 7) is 2.30. The van der Waals surface area contributed by atoms with Crippen LogP contribution in [0, 0.1) is 0 Å². The van der Waals surface area contributed by atoms with Crippen molar-refractivity contribution in [2.24, 2.45) is 0 Å². The number of H-pyrrole nitrogens is 1. The van der Waals surface area contributed by atoms with Gasteiger partial charge >= 0.3 is 0 Å². The van der Waals surface area contributed by atoms with Crippen molar-refractivity contribution < 1.29 is 4.74 Å². The minimum Gasteiger partial charge on any atom is -0.366 e. The Kier molecular flexibility index (Phi) is 5.09. The minimum atomic E-state index is 0.120. The zero-order valence-corrected chi connectivity index (χ0v) is 14.7. The fourth-order valence-corrected chi connectivity index (χ4v) is 3.77. The third-order valence-electron chi connectivity index (χ3n) is 4.37. The average molecular weight is 325 g/mol. The summed E-state index contributed by atoms with van der Waals surface area (Å²) in [5.74, 6) is 0.482. The number of aromatic amines is 1. The van der Waals surface area contributed by atoms with Crippen LogP contribution in [0.15, 0.2) is 54.7 Å². The van der Waals surface area contributed by atoms with Crippen LogP contribution in [0.1, 0.15) is 35.0 Å². The maximum absolute atomic E-state index is 5.47. The highest BCUT2D eigenvalue weighted by Gasteiger charge is 2.13. The van der Waals surface area contributed by atoms with Crippen molar-refractivity contribution in [1.29, 1.82) is 0 Å². The van der Waals surface area contributed by atoms with E-state index in [-0.39, 0.29) is 5.44 Å². The lowest BCUT2D eigenvalue weighted by atomic mass is 9.93.